The summed E-state index contributed by atoms with van der Waals surface area (Å²) >= 11 is 0. The molecule has 0 saturated heterocycles. The highest BCUT2D eigenvalue weighted by Gasteiger charge is 1.70. The van der Waals surface area contributed by atoms with Crippen LogP contribution in [0.1, 0.15) is 0 Å². The molecule has 44 valence electrons. The van der Waals surface area contributed by atoms with Crippen molar-refractivity contribution < 1.29 is 0 Å². The highest BCUT2D eigenvalue weighted by molar-refractivity contribution is 5.76. The fourth-order valence-electron chi connectivity index (χ4n) is 0.114. The van der Waals surface area contributed by atoms with Gasteiger partial charge in [0.15, 0.2) is 6.34 Å². The highest BCUT2D eigenvalue weighted by Crippen LogP contribution is 1.64. The van der Waals surface area contributed by atoms with Gasteiger partial charge in [0.25, 0.3) is 0 Å². The predicted molar refractivity (Wildman–Crippen MR) is 30.1 cm³/mol. The number of nitrogens with two attached hydrogens (primary N) is 2. The lowest BCUT2D eigenvalue weighted by Crippen LogP contribution is -2.21. The second-order valence-electron chi connectivity index (χ2n) is 0.861. The van der Waals surface area contributed by atoms with E-state index in [1.807, 2.05) is 0 Å². The van der Waals surface area contributed by atoms with Crippen LogP contribution in [0.3, 0.4) is 0 Å². The first-order chi connectivity index (χ1) is 3.77. The van der Waals surface area contributed by atoms with E-state index in [0.29, 0.717) is 6.34 Å². The third-order valence-corrected chi connectivity index (χ3v) is 0.272. The van der Waals surface area contributed by atoms with E-state index < -0.39 is 0 Å². The van der Waals surface area contributed by atoms with E-state index in [-0.39, 0.29) is 5.96 Å². The average molecular weight is 115 g/mol. The minimum absolute atomic E-state index is 0.204. The minimum Gasteiger partial charge on any atom is -0.369 e. The molecular formula is C2H5N5O. The van der Waals surface area contributed by atoms with Crippen molar-refractivity contribution in [1.82, 2.24) is 0 Å². The van der Waals surface area contributed by atoms with E-state index in [4.69, 9.17) is 11.5 Å². The maximum absolute atomic E-state index is 9.24. The second kappa shape index (κ2) is 3.72. The van der Waals surface area contributed by atoms with Gasteiger partial charge >= 0.3 is 0 Å². The smallest absolute Gasteiger partial charge is 0.211 e. The molecule has 0 aliphatic heterocycles. The maximum Gasteiger partial charge on any atom is 0.211 e. The van der Waals surface area contributed by atoms with Gasteiger partial charge in [-0.25, -0.2) is 0 Å². The Morgan fingerprint density at radius 3 is 2.50 bits per heavy atom. The molecule has 0 heterocycles. The van der Waals surface area contributed by atoms with Gasteiger partial charge in [0, 0.05) is 0 Å². The van der Waals surface area contributed by atoms with E-state index in [9.17, 15) is 4.91 Å². The number of nitrogens with zero attached hydrogens (tertiary/aromatic N) is 3. The van der Waals surface area contributed by atoms with Crippen molar-refractivity contribution >= 4 is 12.3 Å². The lowest BCUT2D eigenvalue weighted by molar-refractivity contribution is 1.21. The molecule has 0 amide bonds. The standard InChI is InChI=1S/C2H5N5O/c3-2(4)7-5-1-6-8/h1H,(H4,3,4,7). The fourth-order valence-corrected chi connectivity index (χ4v) is 0.114. The summed E-state index contributed by atoms with van der Waals surface area (Å²) in [4.78, 5) is 9.24. The molecule has 0 aromatic rings. The van der Waals surface area contributed by atoms with Gasteiger partial charge in [0.2, 0.25) is 5.96 Å². The van der Waals surface area contributed by atoms with Crippen LogP contribution in [0.4, 0.5) is 0 Å². The third-order valence-electron chi connectivity index (χ3n) is 0.272. The Morgan fingerprint density at radius 1 is 1.50 bits per heavy atom. The Kier molecular flexibility index (Phi) is 3.04. The summed E-state index contributed by atoms with van der Waals surface area (Å²) in [6.07, 6.45) is 0.694. The molecule has 4 N–H and O–H groups in total. The molecule has 0 spiro atoms. The van der Waals surface area contributed by atoms with Crippen LogP contribution in [-0.2, 0) is 0 Å². The largest absolute Gasteiger partial charge is 0.369 e. The number of hydrogen-bond donors (Lipinski definition) is 2. The first-order valence-electron chi connectivity index (χ1n) is 1.70. The summed E-state index contributed by atoms with van der Waals surface area (Å²) in [6.45, 7) is 0. The second-order valence-corrected chi connectivity index (χ2v) is 0.861. The Balaban J connectivity index is 3.57. The summed E-state index contributed by atoms with van der Waals surface area (Å²) in [5.41, 5.74) is 9.61. The van der Waals surface area contributed by atoms with Crippen molar-refractivity contribution in [1.29, 1.82) is 0 Å². The predicted octanol–water partition coefficient (Wildman–Crippen LogP) is -1.03. The minimum atomic E-state index is -0.204. The Morgan fingerprint density at radius 2 is 2.12 bits per heavy atom. The van der Waals surface area contributed by atoms with Crippen molar-refractivity contribution in [3.63, 3.8) is 0 Å². The van der Waals surface area contributed by atoms with E-state index in [1.54, 1.807) is 0 Å². The number of guanidine groups is 1. The fraction of sp³-hybridized carbons (Fsp3) is 0. The van der Waals surface area contributed by atoms with Gasteiger partial charge in [-0.2, -0.15) is 0 Å². The van der Waals surface area contributed by atoms with E-state index >= 15 is 0 Å². The number of nitroso groups, excluding NO2 is 1. The van der Waals surface area contributed by atoms with Gasteiger partial charge in [0.1, 0.15) is 0 Å². The molecule has 0 radical (unpaired) electrons. The zero-order chi connectivity index (χ0) is 6.41. The van der Waals surface area contributed by atoms with Gasteiger partial charge in [0.05, 0.1) is 0 Å². The van der Waals surface area contributed by atoms with E-state index in [2.05, 4.69) is 15.4 Å². The average Bonchev–Trinajstić information content (AvgIpc) is 1.66. The summed E-state index contributed by atoms with van der Waals surface area (Å²) in [5, 5.41) is 8.33. The molecule has 0 saturated carbocycles. The molecular weight excluding hydrogens is 110 g/mol. The Labute approximate surface area is 45.2 Å². The molecule has 6 nitrogen and oxygen atoms in total. The van der Waals surface area contributed by atoms with Crippen LogP contribution in [0.5, 0.6) is 0 Å². The molecule has 6 heteroatoms. The van der Waals surface area contributed by atoms with Crippen molar-refractivity contribution in [2.24, 2.45) is 26.8 Å². The van der Waals surface area contributed by atoms with Crippen LogP contribution in [0, 0.1) is 4.91 Å². The van der Waals surface area contributed by atoms with Gasteiger partial charge in [-0.3, -0.25) is 0 Å². The molecule has 0 aliphatic rings. The molecule has 0 rings (SSSR count). The van der Waals surface area contributed by atoms with Gasteiger partial charge in [-0.15, -0.1) is 15.1 Å². The van der Waals surface area contributed by atoms with Gasteiger partial charge in [-0.05, 0) is 5.18 Å². The van der Waals surface area contributed by atoms with E-state index in [1.165, 1.54) is 0 Å². The van der Waals surface area contributed by atoms with Crippen molar-refractivity contribution in [2.75, 3.05) is 0 Å². The number of rotatable bonds is 2. The molecule has 8 heavy (non-hydrogen) atoms. The van der Waals surface area contributed by atoms with Crippen molar-refractivity contribution in [3.05, 3.63) is 4.91 Å². The summed E-state index contributed by atoms with van der Waals surface area (Å²) in [7, 11) is 0. The topological polar surface area (TPSA) is 106 Å². The van der Waals surface area contributed by atoms with Crippen LogP contribution in [0.15, 0.2) is 15.4 Å². The van der Waals surface area contributed by atoms with Crippen LogP contribution < -0.4 is 11.5 Å². The Hall–Kier alpha value is -1.46. The SMILES string of the molecule is NC(N)=NN=CN=O. The summed E-state index contributed by atoms with van der Waals surface area (Å²) in [5.74, 6) is -0.204. The van der Waals surface area contributed by atoms with Gasteiger partial charge in [-0.1, -0.05) is 0 Å². The van der Waals surface area contributed by atoms with Crippen LogP contribution in [0.2, 0.25) is 0 Å². The molecule has 0 atom stereocenters. The summed E-state index contributed by atoms with van der Waals surface area (Å²) < 4.78 is 0. The quantitative estimate of drug-likeness (QED) is 0.208. The first-order valence-corrected chi connectivity index (χ1v) is 1.70. The number of hydrogen-bond acceptors (Lipinski definition) is 3. The first kappa shape index (κ1) is 6.54. The van der Waals surface area contributed by atoms with Gasteiger partial charge < -0.3 is 11.5 Å². The molecule has 0 aliphatic carbocycles. The molecule has 0 aromatic heterocycles. The summed E-state index contributed by atoms with van der Waals surface area (Å²) in [6, 6.07) is 0. The maximum atomic E-state index is 9.24. The lowest BCUT2D eigenvalue weighted by atomic mass is 11.1. The molecule has 0 aromatic carbocycles. The lowest BCUT2D eigenvalue weighted by Gasteiger charge is -1.78. The normalized spacial score (nSPS) is 9.00. The Bertz CT molecular complexity index is 122. The van der Waals surface area contributed by atoms with Crippen molar-refractivity contribution in [3.8, 4) is 0 Å². The van der Waals surface area contributed by atoms with Crippen LogP contribution >= 0.6 is 0 Å². The zero-order valence-corrected chi connectivity index (χ0v) is 3.98. The zero-order valence-electron chi connectivity index (χ0n) is 3.98. The van der Waals surface area contributed by atoms with Crippen LogP contribution in [-0.4, -0.2) is 12.3 Å². The molecule has 0 fully saturated rings. The molecule has 0 unspecified atom stereocenters. The van der Waals surface area contributed by atoms with Crippen molar-refractivity contribution in [2.45, 2.75) is 0 Å². The molecule has 0 bridgehead atoms. The van der Waals surface area contributed by atoms with E-state index in [0.717, 1.165) is 0 Å². The highest BCUT2D eigenvalue weighted by atomic mass is 16.3. The monoisotopic (exact) mass is 115 g/mol. The van der Waals surface area contributed by atoms with Crippen LogP contribution in [0.25, 0.3) is 0 Å². The third kappa shape index (κ3) is 4.54.